The minimum atomic E-state index is -0.478. The zero-order chi connectivity index (χ0) is 34.0. The van der Waals surface area contributed by atoms with Gasteiger partial charge in [-0.2, -0.15) is 0 Å². The molecule has 256 valence electrons. The van der Waals surface area contributed by atoms with E-state index in [9.17, 15) is 0 Å². The van der Waals surface area contributed by atoms with Crippen molar-refractivity contribution < 1.29 is 14.0 Å². The van der Waals surface area contributed by atoms with Crippen molar-refractivity contribution in [2.24, 2.45) is 0 Å². The fourth-order valence-corrected chi connectivity index (χ4v) is 7.33. The molecular formula is C40H48B2Cl2N2O3. The second kappa shape index (κ2) is 18.1. The van der Waals surface area contributed by atoms with Gasteiger partial charge >= 0.3 is 13.8 Å². The molecule has 2 aliphatic rings. The van der Waals surface area contributed by atoms with Crippen LogP contribution in [0.2, 0.25) is 10.0 Å². The van der Waals surface area contributed by atoms with Crippen molar-refractivity contribution in [2.45, 2.75) is 76.5 Å². The average molecular weight is 697 g/mol. The Balaban J connectivity index is 1.43. The summed E-state index contributed by atoms with van der Waals surface area (Å²) in [5.41, 5.74) is 6.06. The van der Waals surface area contributed by atoms with Crippen LogP contribution in [-0.4, -0.2) is 52.2 Å². The van der Waals surface area contributed by atoms with Gasteiger partial charge in [0.2, 0.25) is 0 Å². The minimum Gasteiger partial charge on any atom is -0.427 e. The third kappa shape index (κ3) is 9.80. The maximum absolute atomic E-state index is 7.50. The molecule has 0 spiro atoms. The number of aryl methyl sites for hydroxylation is 2. The molecule has 0 radical (unpaired) electrons. The quantitative estimate of drug-likeness (QED) is 0.133. The van der Waals surface area contributed by atoms with Gasteiger partial charge in [0.1, 0.15) is 0 Å². The first kappa shape index (κ1) is 36.2. The first-order chi connectivity index (χ1) is 24.0. The lowest BCUT2D eigenvalue weighted by molar-refractivity contribution is 0.0479. The van der Waals surface area contributed by atoms with E-state index in [2.05, 4.69) is 83.4 Å². The van der Waals surface area contributed by atoms with Crippen molar-refractivity contribution >= 4 is 48.0 Å². The number of rotatable bonds is 14. The molecule has 2 heterocycles. The maximum atomic E-state index is 7.50. The van der Waals surface area contributed by atoms with Crippen LogP contribution in [-0.2, 0) is 14.0 Å². The van der Waals surface area contributed by atoms with E-state index >= 15 is 0 Å². The van der Waals surface area contributed by atoms with Crippen LogP contribution in [0.4, 0.5) is 0 Å². The van der Waals surface area contributed by atoms with Crippen molar-refractivity contribution in [3.05, 3.63) is 129 Å². The summed E-state index contributed by atoms with van der Waals surface area (Å²) in [5, 5.41) is 8.74. The highest BCUT2D eigenvalue weighted by atomic mass is 35.5. The highest BCUT2D eigenvalue weighted by Crippen LogP contribution is 2.33. The molecule has 0 aliphatic carbocycles. The van der Waals surface area contributed by atoms with Gasteiger partial charge in [-0.1, -0.05) is 121 Å². The van der Waals surface area contributed by atoms with Gasteiger partial charge in [-0.25, -0.2) is 0 Å². The van der Waals surface area contributed by atoms with E-state index in [0.717, 1.165) is 59.1 Å². The second-order valence-corrected chi connectivity index (χ2v) is 14.4. The van der Waals surface area contributed by atoms with Gasteiger partial charge in [-0.05, 0) is 97.9 Å². The van der Waals surface area contributed by atoms with E-state index in [1.54, 1.807) is 0 Å². The summed E-state index contributed by atoms with van der Waals surface area (Å²) in [6, 6.07) is 32.9. The number of hydrogen-bond acceptors (Lipinski definition) is 5. The molecule has 2 fully saturated rings. The Hall–Kier alpha value is -2.61. The highest BCUT2D eigenvalue weighted by Gasteiger charge is 2.41. The molecule has 0 saturated carbocycles. The lowest BCUT2D eigenvalue weighted by Gasteiger charge is -2.34. The van der Waals surface area contributed by atoms with Gasteiger partial charge in [0.15, 0.2) is 0 Å². The SMILES string of the molecule is Cc1ccc(B(OCC2CCCCN2)C(OC(B(OCC2CCCCN2)c2ccc(C)c(Cl)c2)c2ccccc2)c2ccccc2)cc1Cl. The van der Waals surface area contributed by atoms with Gasteiger partial charge in [-0.3, -0.25) is 0 Å². The Labute approximate surface area is 303 Å². The van der Waals surface area contributed by atoms with Crippen molar-refractivity contribution in [2.75, 3.05) is 26.3 Å². The Morgan fingerprint density at radius 2 is 1.04 bits per heavy atom. The normalized spacial score (nSPS) is 19.3. The third-order valence-electron chi connectivity index (χ3n) is 9.93. The molecule has 2 N–H and O–H groups in total. The van der Waals surface area contributed by atoms with Crippen LogP contribution in [0.1, 0.15) is 72.8 Å². The Kier molecular flexibility index (Phi) is 13.3. The number of ether oxygens (including phenoxy) is 1. The van der Waals surface area contributed by atoms with E-state index in [1.165, 1.54) is 25.7 Å². The summed E-state index contributed by atoms with van der Waals surface area (Å²) in [5.74, 6) is 0. The van der Waals surface area contributed by atoms with Crippen LogP contribution in [0, 0.1) is 13.8 Å². The molecule has 9 heteroatoms. The van der Waals surface area contributed by atoms with Gasteiger partial charge in [0.05, 0.1) is 12.0 Å². The van der Waals surface area contributed by atoms with E-state index in [1.807, 2.05) is 38.1 Å². The van der Waals surface area contributed by atoms with Gasteiger partial charge in [-0.15, -0.1) is 0 Å². The lowest BCUT2D eigenvalue weighted by atomic mass is 9.51. The smallest absolute Gasteiger partial charge is 0.361 e. The minimum absolute atomic E-state index is 0.285. The van der Waals surface area contributed by atoms with Crippen LogP contribution in [0.3, 0.4) is 0 Å². The third-order valence-corrected chi connectivity index (χ3v) is 10.7. The molecule has 6 rings (SSSR count). The van der Waals surface area contributed by atoms with Gasteiger partial charge in [0, 0.05) is 35.3 Å². The summed E-state index contributed by atoms with van der Waals surface area (Å²) >= 11 is 13.6. The topological polar surface area (TPSA) is 51.8 Å². The summed E-state index contributed by atoms with van der Waals surface area (Å²) in [7, 11) is 0. The number of halogens is 2. The average Bonchev–Trinajstić information content (AvgIpc) is 3.14. The molecule has 4 aromatic carbocycles. The number of benzene rings is 4. The Morgan fingerprint density at radius 3 is 1.41 bits per heavy atom. The summed E-state index contributed by atoms with van der Waals surface area (Å²) in [6.07, 6.45) is 6.97. The predicted octanol–water partition coefficient (Wildman–Crippen LogP) is 7.60. The van der Waals surface area contributed by atoms with Crippen molar-refractivity contribution in [1.29, 1.82) is 0 Å². The molecule has 0 aromatic heterocycles. The number of hydrogen-bond donors (Lipinski definition) is 2. The van der Waals surface area contributed by atoms with E-state index < -0.39 is 25.8 Å². The van der Waals surface area contributed by atoms with Crippen LogP contribution >= 0.6 is 23.2 Å². The van der Waals surface area contributed by atoms with E-state index in [4.69, 9.17) is 37.2 Å². The lowest BCUT2D eigenvalue weighted by Crippen LogP contribution is -2.49. The Bertz CT molecular complexity index is 1490. The summed E-state index contributed by atoms with van der Waals surface area (Å²) in [6.45, 7) is 6.35. The highest BCUT2D eigenvalue weighted by molar-refractivity contribution is 6.70. The maximum Gasteiger partial charge on any atom is 0.361 e. The molecule has 5 nitrogen and oxygen atoms in total. The largest absolute Gasteiger partial charge is 0.427 e. The van der Waals surface area contributed by atoms with E-state index in [0.29, 0.717) is 23.3 Å². The van der Waals surface area contributed by atoms with Crippen LogP contribution < -0.4 is 21.6 Å². The first-order valence-corrected chi connectivity index (χ1v) is 18.7. The van der Waals surface area contributed by atoms with Gasteiger partial charge in [0.25, 0.3) is 0 Å². The zero-order valence-corrected chi connectivity index (χ0v) is 30.3. The van der Waals surface area contributed by atoms with Crippen LogP contribution in [0.15, 0.2) is 97.1 Å². The zero-order valence-electron chi connectivity index (χ0n) is 28.8. The molecule has 0 amide bonds. The fraction of sp³-hybridized carbons (Fsp3) is 0.400. The molecule has 2 aliphatic heterocycles. The molecular weight excluding hydrogens is 649 g/mol. The monoisotopic (exact) mass is 696 g/mol. The standard InChI is InChI=1S/C40H48B2Cl2N2O3/c1-29-19-21-33(25-37(29)43)41(47-27-35-17-9-11-23-45-35)39(31-13-5-3-6-14-31)49-40(32-15-7-4-8-16-32)42(34-22-20-30(2)38(44)26-34)48-28-36-18-10-12-24-46-36/h3-8,13-16,19-22,25-26,35-36,39-40,45-46H,9-12,17-18,23-24,27-28H2,1-2H3. The second-order valence-electron chi connectivity index (χ2n) is 13.6. The molecule has 0 bridgehead atoms. The molecule has 49 heavy (non-hydrogen) atoms. The molecule has 4 unspecified atom stereocenters. The van der Waals surface area contributed by atoms with Crippen LogP contribution in [0.5, 0.6) is 0 Å². The van der Waals surface area contributed by atoms with Crippen LogP contribution in [0.25, 0.3) is 0 Å². The number of piperidine rings is 2. The molecule has 4 aromatic rings. The fourth-order valence-electron chi connectivity index (χ4n) is 6.95. The summed E-state index contributed by atoms with van der Waals surface area (Å²) < 4.78 is 21.4. The first-order valence-electron chi connectivity index (χ1n) is 17.9. The van der Waals surface area contributed by atoms with Crippen molar-refractivity contribution in [3.63, 3.8) is 0 Å². The molecule has 2 saturated heterocycles. The number of nitrogens with one attached hydrogen (secondary N) is 2. The van der Waals surface area contributed by atoms with E-state index in [-0.39, 0.29) is 12.1 Å². The van der Waals surface area contributed by atoms with Crippen molar-refractivity contribution in [1.82, 2.24) is 10.6 Å². The Morgan fingerprint density at radius 1 is 0.612 bits per heavy atom. The molecule has 4 atom stereocenters. The van der Waals surface area contributed by atoms with Gasteiger partial charge < -0.3 is 24.7 Å². The predicted molar refractivity (Wildman–Crippen MR) is 206 cm³/mol. The van der Waals surface area contributed by atoms with Crippen molar-refractivity contribution in [3.8, 4) is 0 Å². The summed E-state index contributed by atoms with van der Waals surface area (Å²) in [4.78, 5) is 0.